The van der Waals surface area contributed by atoms with Crippen molar-refractivity contribution in [1.29, 1.82) is 0 Å². The van der Waals surface area contributed by atoms with E-state index in [2.05, 4.69) is 5.16 Å². The molecule has 1 fully saturated rings. The van der Waals surface area contributed by atoms with E-state index >= 15 is 0 Å². The Morgan fingerprint density at radius 3 is 2.55 bits per heavy atom. The van der Waals surface area contributed by atoms with E-state index in [1.54, 1.807) is 6.92 Å². The monoisotopic (exact) mass is 439 g/mol. The lowest BCUT2D eigenvalue weighted by atomic mass is 9.78. The van der Waals surface area contributed by atoms with E-state index in [1.165, 1.54) is 13.2 Å². The lowest BCUT2D eigenvalue weighted by molar-refractivity contribution is -0.140. The lowest BCUT2D eigenvalue weighted by Gasteiger charge is -2.25. The molecule has 154 valence electrons. The second-order valence-electron chi connectivity index (χ2n) is 6.84. The molecule has 3 rings (SSSR count). The van der Waals surface area contributed by atoms with E-state index in [-0.39, 0.29) is 46.2 Å². The number of methoxy groups -OCH3 is 1. The number of Topliss-reactive ketones (excluding diaryl/α,β-unsaturated/α-hetero) is 3. The smallest absolute Gasteiger partial charge is 0.217 e. The predicted octanol–water partition coefficient (Wildman–Crippen LogP) is 1.91. The third-order valence-corrected chi connectivity index (χ3v) is 6.21. The van der Waals surface area contributed by atoms with E-state index in [4.69, 9.17) is 20.9 Å². The maximum absolute atomic E-state index is 13.0. The second kappa shape index (κ2) is 8.56. The average molecular weight is 440 g/mol. The summed E-state index contributed by atoms with van der Waals surface area (Å²) in [5.74, 6) is -3.54. The number of rotatable bonds is 5. The predicted molar refractivity (Wildman–Crippen MR) is 104 cm³/mol. The van der Waals surface area contributed by atoms with Crippen LogP contribution in [0.25, 0.3) is 5.57 Å². The molecule has 1 saturated carbocycles. The summed E-state index contributed by atoms with van der Waals surface area (Å²) in [5, 5.41) is 3.85. The quantitative estimate of drug-likeness (QED) is 0.503. The van der Waals surface area contributed by atoms with Crippen LogP contribution in [0.1, 0.15) is 37.6 Å². The van der Waals surface area contributed by atoms with E-state index in [0.717, 1.165) is 6.08 Å². The Hall–Kier alpha value is -2.36. The normalized spacial score (nSPS) is 20.9. The average Bonchev–Trinajstić information content (AvgIpc) is 3.10. The zero-order valence-electron chi connectivity index (χ0n) is 15.7. The summed E-state index contributed by atoms with van der Waals surface area (Å²) < 4.78 is 33.7. The number of carbonyl (C=O) groups excluding carboxylic acids is 3. The molecule has 0 bridgehead atoms. The largest absolute Gasteiger partial charge is 0.377 e. The van der Waals surface area contributed by atoms with Gasteiger partial charge in [0.05, 0.1) is 9.90 Å². The van der Waals surface area contributed by atoms with Crippen LogP contribution in [0.5, 0.6) is 0 Å². The third-order valence-electron chi connectivity index (χ3n) is 4.95. The van der Waals surface area contributed by atoms with E-state index in [9.17, 15) is 22.8 Å². The maximum Gasteiger partial charge on any atom is 0.217 e. The minimum absolute atomic E-state index is 0.0554. The van der Waals surface area contributed by atoms with Gasteiger partial charge in [-0.15, -0.1) is 0 Å². The first kappa shape index (κ1) is 21.4. The zero-order valence-corrected chi connectivity index (χ0v) is 17.3. The van der Waals surface area contributed by atoms with E-state index in [0.29, 0.717) is 12.2 Å². The van der Waals surface area contributed by atoms with Crippen molar-refractivity contribution in [1.82, 2.24) is 5.16 Å². The number of allylic oxidation sites excluding steroid dienone is 4. The maximum atomic E-state index is 13.0. The van der Waals surface area contributed by atoms with Crippen molar-refractivity contribution in [3.8, 4) is 0 Å². The third kappa shape index (κ3) is 4.03. The van der Waals surface area contributed by atoms with E-state index < -0.39 is 39.5 Å². The fourth-order valence-electron chi connectivity index (χ4n) is 3.52. The van der Waals surface area contributed by atoms with Gasteiger partial charge in [-0.05, 0) is 12.5 Å². The molecule has 0 aromatic carbocycles. The minimum atomic E-state index is -2.66. The summed E-state index contributed by atoms with van der Waals surface area (Å²) in [6.07, 6.45) is 1.77. The number of hydrogen-bond acceptors (Lipinski definition) is 8. The van der Waals surface area contributed by atoms with Gasteiger partial charge in [-0.25, -0.2) is 0 Å². The fraction of sp³-hybridized carbons (Fsp3) is 0.421. The van der Waals surface area contributed by atoms with Crippen LogP contribution in [0.3, 0.4) is 0 Å². The van der Waals surface area contributed by atoms with Gasteiger partial charge >= 0.3 is 0 Å². The Morgan fingerprint density at radius 1 is 1.31 bits per heavy atom. The lowest BCUT2D eigenvalue weighted by Crippen LogP contribution is -2.37. The van der Waals surface area contributed by atoms with Crippen LogP contribution in [0.2, 0.25) is 0 Å². The van der Waals surface area contributed by atoms with Gasteiger partial charge in [-0.3, -0.25) is 14.4 Å². The number of nitrogens with zero attached hydrogens (tertiary/aromatic N) is 1. The zero-order chi connectivity index (χ0) is 21.3. The fourth-order valence-corrected chi connectivity index (χ4v) is 4.55. The highest BCUT2D eigenvalue weighted by Gasteiger charge is 2.41. The van der Waals surface area contributed by atoms with Gasteiger partial charge in [0.25, 0.3) is 0 Å². The number of halogens is 1. The van der Waals surface area contributed by atoms with Crippen LogP contribution >= 0.6 is 11.6 Å². The van der Waals surface area contributed by atoms with Crippen molar-refractivity contribution in [3.05, 3.63) is 34.2 Å². The van der Waals surface area contributed by atoms with Crippen LogP contribution in [-0.2, 0) is 36.0 Å². The van der Waals surface area contributed by atoms with Gasteiger partial charge in [0.2, 0.25) is 10.3 Å². The standard InChI is InChI=1S/C19H18ClNO7S/c1-9-15(29(25)26)7-11(19(24)17-13(22)4-3-5-14(17)23)18(20)16(9)12-6-10(8-27-2)28-21-12/h6-7,9,17H,3-5,8H2,1-2H3. The molecule has 0 radical (unpaired) electrons. The van der Waals surface area contributed by atoms with Crippen molar-refractivity contribution in [2.45, 2.75) is 32.8 Å². The Morgan fingerprint density at radius 2 is 1.97 bits per heavy atom. The molecule has 1 aromatic rings. The second-order valence-corrected chi connectivity index (χ2v) is 8.16. The first-order valence-corrected chi connectivity index (χ1v) is 10.3. The summed E-state index contributed by atoms with van der Waals surface area (Å²) >= 11 is 6.48. The Balaban J connectivity index is 2.13. The molecular weight excluding hydrogens is 422 g/mol. The topological polar surface area (TPSA) is 121 Å². The molecule has 1 heterocycles. The molecule has 0 saturated heterocycles. The number of aromatic nitrogens is 1. The van der Waals surface area contributed by atoms with Crippen molar-refractivity contribution >= 4 is 49.7 Å². The molecule has 10 heteroatoms. The van der Waals surface area contributed by atoms with Crippen molar-refractivity contribution in [2.24, 2.45) is 11.8 Å². The van der Waals surface area contributed by atoms with Crippen LogP contribution in [0, 0.1) is 11.8 Å². The molecule has 1 aromatic heterocycles. The highest BCUT2D eigenvalue weighted by molar-refractivity contribution is 7.73. The molecule has 0 aliphatic heterocycles. The van der Waals surface area contributed by atoms with Gasteiger partial charge in [-0.2, -0.15) is 8.42 Å². The molecule has 2 aliphatic rings. The Labute approximate surface area is 173 Å². The van der Waals surface area contributed by atoms with E-state index in [1.807, 2.05) is 0 Å². The molecule has 0 spiro atoms. The van der Waals surface area contributed by atoms with Crippen molar-refractivity contribution < 1.29 is 32.1 Å². The van der Waals surface area contributed by atoms with Gasteiger partial charge in [0.1, 0.15) is 18.2 Å². The molecule has 29 heavy (non-hydrogen) atoms. The number of ether oxygens (including phenoxy) is 1. The van der Waals surface area contributed by atoms with Crippen molar-refractivity contribution in [3.63, 3.8) is 0 Å². The van der Waals surface area contributed by atoms with Crippen LogP contribution < -0.4 is 0 Å². The number of hydrogen-bond donors (Lipinski definition) is 0. The molecule has 8 nitrogen and oxygen atoms in total. The van der Waals surface area contributed by atoms with Gasteiger partial charge < -0.3 is 9.26 Å². The van der Waals surface area contributed by atoms with Crippen LogP contribution in [0.15, 0.2) is 27.3 Å². The SMILES string of the molecule is COCc1cc(C2=C(Cl)C(C(=O)C3C(=O)CCCC3=O)=CC(=S(=O)=O)C2C)no1. The highest BCUT2D eigenvalue weighted by atomic mass is 35.5. The summed E-state index contributed by atoms with van der Waals surface area (Å²) in [5.41, 5.74) is 0.319. The summed E-state index contributed by atoms with van der Waals surface area (Å²) in [4.78, 5) is 37.3. The molecule has 1 unspecified atom stereocenters. The molecule has 0 N–H and O–H groups in total. The molecular formula is C19H18ClNO7S. The summed E-state index contributed by atoms with van der Waals surface area (Å²) in [6, 6.07) is 1.54. The summed E-state index contributed by atoms with van der Waals surface area (Å²) in [6.45, 7) is 1.74. The molecule has 0 amide bonds. The Bertz CT molecular complexity index is 1070. The highest BCUT2D eigenvalue weighted by Crippen LogP contribution is 2.39. The Kier molecular flexibility index (Phi) is 6.30. The first-order valence-electron chi connectivity index (χ1n) is 8.88. The molecule has 2 aliphatic carbocycles. The minimum Gasteiger partial charge on any atom is -0.377 e. The van der Waals surface area contributed by atoms with Gasteiger partial charge in [0, 0.05) is 43.1 Å². The number of ketones is 3. The van der Waals surface area contributed by atoms with Crippen molar-refractivity contribution in [2.75, 3.05) is 7.11 Å². The first-order chi connectivity index (χ1) is 13.8. The van der Waals surface area contributed by atoms with Gasteiger partial charge in [0.15, 0.2) is 23.1 Å². The van der Waals surface area contributed by atoms with Crippen LogP contribution in [0.4, 0.5) is 0 Å². The van der Waals surface area contributed by atoms with Gasteiger partial charge in [-0.1, -0.05) is 23.7 Å². The summed E-state index contributed by atoms with van der Waals surface area (Å²) in [7, 11) is -1.18. The number of carbonyl (C=O) groups is 3. The molecule has 1 atom stereocenters. The van der Waals surface area contributed by atoms with Crippen LogP contribution in [-0.4, -0.2) is 42.9 Å².